The Morgan fingerprint density at radius 2 is 2.11 bits per heavy atom. The molecule has 1 aromatic carbocycles. The number of hydrogen-bond acceptors (Lipinski definition) is 7. The van der Waals surface area contributed by atoms with Crippen LogP contribution in [-0.4, -0.2) is 60.0 Å². The minimum atomic E-state index is -0.0883. The molecule has 0 spiro atoms. The number of nitrogens with zero attached hydrogens (tertiary/aromatic N) is 7. The molecular weight excluding hydrogens is 458 g/mol. The van der Waals surface area contributed by atoms with Crippen molar-refractivity contribution in [1.82, 2.24) is 33.9 Å². The third-order valence-electron chi connectivity index (χ3n) is 6.66. The first kappa shape index (κ1) is 22.9. The Hall–Kier alpha value is -3.50. The first-order valence-corrected chi connectivity index (χ1v) is 12.7. The number of hydrogen-bond donors (Lipinski definition) is 0. The van der Waals surface area contributed by atoms with E-state index in [2.05, 4.69) is 56.2 Å². The van der Waals surface area contributed by atoms with Crippen LogP contribution in [0.25, 0.3) is 34.2 Å². The fraction of sp³-hybridized carbons (Fsp3) is 0.462. The second-order valence-corrected chi connectivity index (χ2v) is 9.46. The maximum atomic E-state index is 6.16. The van der Waals surface area contributed by atoms with Gasteiger partial charge in [-0.25, -0.2) is 19.6 Å². The largest absolute Gasteiger partial charge is 0.491 e. The number of ether oxygens (including phenoxy) is 3. The fourth-order valence-corrected chi connectivity index (χ4v) is 4.82. The van der Waals surface area contributed by atoms with Gasteiger partial charge in [-0.2, -0.15) is 5.10 Å². The lowest BCUT2D eigenvalue weighted by Crippen LogP contribution is -2.23. The van der Waals surface area contributed by atoms with Crippen LogP contribution in [0.2, 0.25) is 0 Å². The highest BCUT2D eigenvalue weighted by Crippen LogP contribution is 2.36. The van der Waals surface area contributed by atoms with Crippen molar-refractivity contribution in [3.05, 3.63) is 43.2 Å². The van der Waals surface area contributed by atoms with Crippen molar-refractivity contribution < 1.29 is 14.2 Å². The summed E-state index contributed by atoms with van der Waals surface area (Å²) in [4.78, 5) is 13.8. The lowest BCUT2D eigenvalue weighted by atomic mass is 10.1. The van der Waals surface area contributed by atoms with Gasteiger partial charge < -0.3 is 23.3 Å². The summed E-state index contributed by atoms with van der Waals surface area (Å²) in [6.45, 7) is 7.52. The second kappa shape index (κ2) is 9.87. The zero-order chi connectivity index (χ0) is 24.5. The molecule has 0 bridgehead atoms. The molecule has 188 valence electrons. The second-order valence-electron chi connectivity index (χ2n) is 9.46. The summed E-state index contributed by atoms with van der Waals surface area (Å²) in [5.41, 5.74) is 3.84. The molecule has 4 aromatic rings. The average molecular weight is 490 g/mol. The van der Waals surface area contributed by atoms with Crippen LogP contribution in [0.1, 0.15) is 39.2 Å². The van der Waals surface area contributed by atoms with Crippen molar-refractivity contribution in [2.24, 2.45) is 0 Å². The Balaban J connectivity index is 1.25. The van der Waals surface area contributed by atoms with Crippen molar-refractivity contribution in [3.63, 3.8) is 0 Å². The van der Waals surface area contributed by atoms with Gasteiger partial charge in [0.1, 0.15) is 30.2 Å². The zero-order valence-electron chi connectivity index (χ0n) is 20.7. The normalized spacial score (nSPS) is 17.5. The molecule has 1 saturated heterocycles. The van der Waals surface area contributed by atoms with Gasteiger partial charge in [0, 0.05) is 31.0 Å². The van der Waals surface area contributed by atoms with Gasteiger partial charge in [-0.05, 0) is 45.2 Å². The third-order valence-corrected chi connectivity index (χ3v) is 6.66. The predicted molar refractivity (Wildman–Crippen MR) is 133 cm³/mol. The molecule has 10 nitrogen and oxygen atoms in total. The van der Waals surface area contributed by atoms with Crippen molar-refractivity contribution in [1.29, 1.82) is 0 Å². The molecule has 36 heavy (non-hydrogen) atoms. The van der Waals surface area contributed by atoms with Crippen molar-refractivity contribution in [3.8, 4) is 39.9 Å². The minimum absolute atomic E-state index is 0.0883. The van der Waals surface area contributed by atoms with Crippen LogP contribution in [-0.2, 0) is 22.6 Å². The molecule has 1 atom stereocenters. The lowest BCUT2D eigenvalue weighted by molar-refractivity contribution is -0.163. The Morgan fingerprint density at radius 1 is 1.17 bits per heavy atom. The molecular formula is C26H31N7O3. The molecule has 0 N–H and O–H groups in total. The molecule has 0 saturated carbocycles. The van der Waals surface area contributed by atoms with Crippen molar-refractivity contribution in [2.75, 3.05) is 19.8 Å². The smallest absolute Gasteiger partial charge is 0.178 e. The zero-order valence-corrected chi connectivity index (χ0v) is 20.7. The van der Waals surface area contributed by atoms with Gasteiger partial charge in [0.15, 0.2) is 12.1 Å². The molecule has 2 aliphatic rings. The lowest BCUT2D eigenvalue weighted by Gasteiger charge is -2.22. The van der Waals surface area contributed by atoms with E-state index in [1.807, 2.05) is 23.4 Å². The van der Waals surface area contributed by atoms with Gasteiger partial charge in [-0.3, -0.25) is 0 Å². The molecule has 1 fully saturated rings. The third kappa shape index (κ3) is 4.42. The van der Waals surface area contributed by atoms with E-state index in [1.54, 1.807) is 6.33 Å². The van der Waals surface area contributed by atoms with Gasteiger partial charge in [-0.15, -0.1) is 0 Å². The molecule has 0 radical (unpaired) electrons. The topological polar surface area (TPSA) is 94.0 Å². The van der Waals surface area contributed by atoms with Crippen LogP contribution in [0.3, 0.4) is 0 Å². The molecule has 0 aliphatic carbocycles. The summed E-state index contributed by atoms with van der Waals surface area (Å²) in [6, 6.07) is 6.46. The SMILES string of the molecule is CC(C)n1ncnc1-c1cn2c(n1)-c1ccc(-c3cncn3CCOC3CCCCO3)cc1OCC2. The van der Waals surface area contributed by atoms with Gasteiger partial charge in [-0.1, -0.05) is 6.07 Å². The summed E-state index contributed by atoms with van der Waals surface area (Å²) < 4.78 is 23.9. The first-order chi connectivity index (χ1) is 17.7. The molecule has 2 aliphatic heterocycles. The van der Waals surface area contributed by atoms with Crippen LogP contribution in [0.4, 0.5) is 0 Å². The quantitative estimate of drug-likeness (QED) is 0.384. The molecule has 1 unspecified atom stereocenters. The van der Waals surface area contributed by atoms with Crippen LogP contribution in [0.5, 0.6) is 5.75 Å². The number of aromatic nitrogens is 7. The van der Waals surface area contributed by atoms with E-state index in [0.717, 1.165) is 65.8 Å². The predicted octanol–water partition coefficient (Wildman–Crippen LogP) is 4.19. The summed E-state index contributed by atoms with van der Waals surface area (Å²) in [5, 5.41) is 4.36. The minimum Gasteiger partial charge on any atom is -0.491 e. The molecule has 6 rings (SSSR count). The number of benzene rings is 1. The van der Waals surface area contributed by atoms with E-state index in [1.165, 1.54) is 0 Å². The molecule has 10 heteroatoms. The summed E-state index contributed by atoms with van der Waals surface area (Å²) in [5.74, 6) is 2.46. The van der Waals surface area contributed by atoms with E-state index in [9.17, 15) is 0 Å². The van der Waals surface area contributed by atoms with E-state index in [4.69, 9.17) is 19.2 Å². The van der Waals surface area contributed by atoms with Gasteiger partial charge >= 0.3 is 0 Å². The highest BCUT2D eigenvalue weighted by atomic mass is 16.7. The summed E-state index contributed by atoms with van der Waals surface area (Å²) in [7, 11) is 0. The molecule has 0 amide bonds. The van der Waals surface area contributed by atoms with E-state index < -0.39 is 0 Å². The monoisotopic (exact) mass is 489 g/mol. The van der Waals surface area contributed by atoms with E-state index >= 15 is 0 Å². The van der Waals surface area contributed by atoms with Crippen molar-refractivity contribution in [2.45, 2.75) is 58.5 Å². The highest BCUT2D eigenvalue weighted by Gasteiger charge is 2.22. The van der Waals surface area contributed by atoms with E-state index in [-0.39, 0.29) is 12.3 Å². The number of fused-ring (bicyclic) bond motifs is 3. The number of rotatable bonds is 7. The molecule has 3 aromatic heterocycles. The Bertz CT molecular complexity index is 1330. The Labute approximate surface area is 209 Å². The van der Waals surface area contributed by atoms with Crippen molar-refractivity contribution >= 4 is 0 Å². The van der Waals surface area contributed by atoms with Gasteiger partial charge in [0.2, 0.25) is 0 Å². The average Bonchev–Trinajstić information content (AvgIpc) is 3.63. The Morgan fingerprint density at radius 3 is 2.97 bits per heavy atom. The van der Waals surface area contributed by atoms with Gasteiger partial charge in [0.05, 0.1) is 36.9 Å². The summed E-state index contributed by atoms with van der Waals surface area (Å²) >= 11 is 0. The highest BCUT2D eigenvalue weighted by molar-refractivity contribution is 5.73. The number of imidazole rings is 2. The fourth-order valence-electron chi connectivity index (χ4n) is 4.82. The standard InChI is InChI=1S/C26H31N7O3/c1-18(2)33-26(28-16-29-33)21-15-31-8-11-34-23-13-19(6-7-20(23)25(31)30-21)22-14-27-17-32(22)9-12-36-24-5-3-4-10-35-24/h6-7,13-18,24H,3-5,8-12H2,1-2H3. The van der Waals surface area contributed by atoms with Crippen LogP contribution >= 0.6 is 0 Å². The maximum absolute atomic E-state index is 6.16. The van der Waals surface area contributed by atoms with Gasteiger partial charge in [0.25, 0.3) is 0 Å². The van der Waals surface area contributed by atoms with Crippen LogP contribution < -0.4 is 4.74 Å². The van der Waals surface area contributed by atoms with Crippen LogP contribution in [0.15, 0.2) is 43.2 Å². The van der Waals surface area contributed by atoms with E-state index in [0.29, 0.717) is 26.3 Å². The first-order valence-electron chi connectivity index (χ1n) is 12.7. The summed E-state index contributed by atoms with van der Waals surface area (Å²) in [6.07, 6.45) is 10.5. The maximum Gasteiger partial charge on any atom is 0.178 e. The van der Waals surface area contributed by atoms with Crippen LogP contribution in [0, 0.1) is 0 Å². The Kier molecular flexibility index (Phi) is 6.28. The molecule has 5 heterocycles.